The van der Waals surface area contributed by atoms with Crippen molar-refractivity contribution < 1.29 is 13.4 Å². The number of ether oxygens (including phenoxy) is 1. The second-order valence-corrected chi connectivity index (χ2v) is 6.42. The zero-order valence-corrected chi connectivity index (χ0v) is 11.5. The first kappa shape index (κ1) is 12.6. The van der Waals surface area contributed by atoms with Gasteiger partial charge in [-0.25, -0.2) is 4.98 Å². The number of rotatable bonds is 3. The minimum absolute atomic E-state index is 0.0425. The van der Waals surface area contributed by atoms with Crippen molar-refractivity contribution in [3.63, 3.8) is 0 Å². The quantitative estimate of drug-likeness (QED) is 0.868. The van der Waals surface area contributed by atoms with E-state index in [-0.39, 0.29) is 11.4 Å². The zero-order valence-electron chi connectivity index (χ0n) is 10.7. The molecule has 6 heteroatoms. The molecule has 3 unspecified atom stereocenters. The fraction of sp³-hybridized carbons (Fsp3) is 0.462. The lowest BCUT2D eigenvalue weighted by Gasteiger charge is -2.11. The maximum absolute atomic E-state index is 12.3. The molecule has 0 spiro atoms. The summed E-state index contributed by atoms with van der Waals surface area (Å²) in [5, 5.41) is 0.0695. The Bertz CT molecular complexity index is 625. The number of oxazole rings is 1. The van der Waals surface area contributed by atoms with Gasteiger partial charge in [0.2, 0.25) is 5.89 Å². The third-order valence-corrected chi connectivity index (χ3v) is 5.19. The highest BCUT2D eigenvalue weighted by Crippen LogP contribution is 2.23. The van der Waals surface area contributed by atoms with Crippen LogP contribution in [0.5, 0.6) is 0 Å². The third-order valence-electron chi connectivity index (χ3n) is 3.37. The highest BCUT2D eigenvalue weighted by atomic mass is 32.2. The Morgan fingerprint density at radius 3 is 3.11 bits per heavy atom. The number of hydrogen-bond donors (Lipinski definition) is 1. The van der Waals surface area contributed by atoms with Crippen LogP contribution in [0, 0.1) is 0 Å². The molecule has 0 aliphatic carbocycles. The highest BCUT2D eigenvalue weighted by Gasteiger charge is 2.30. The minimum Gasteiger partial charge on any atom is -0.440 e. The SMILES string of the molecule is CC1OCCC1S(=O)Cc1nc2cc(N)ccc2o1. The molecule has 2 N–H and O–H groups in total. The van der Waals surface area contributed by atoms with Crippen LogP contribution in [0.3, 0.4) is 0 Å². The topological polar surface area (TPSA) is 78.3 Å². The van der Waals surface area contributed by atoms with Crippen LogP contribution in [-0.4, -0.2) is 27.2 Å². The van der Waals surface area contributed by atoms with Crippen molar-refractivity contribution in [3.05, 3.63) is 24.1 Å². The van der Waals surface area contributed by atoms with Crippen molar-refractivity contribution in [3.8, 4) is 0 Å². The molecule has 3 atom stereocenters. The van der Waals surface area contributed by atoms with Gasteiger partial charge in [-0.15, -0.1) is 0 Å². The van der Waals surface area contributed by atoms with E-state index in [0.29, 0.717) is 35.0 Å². The van der Waals surface area contributed by atoms with Crippen molar-refractivity contribution in [2.75, 3.05) is 12.3 Å². The summed E-state index contributed by atoms with van der Waals surface area (Å²) in [6.45, 7) is 2.64. The molecule has 1 aromatic carbocycles. The molecule has 2 heterocycles. The number of nitrogens with two attached hydrogens (primary N) is 1. The first-order valence-corrected chi connectivity index (χ1v) is 7.65. The van der Waals surface area contributed by atoms with E-state index in [0.717, 1.165) is 6.42 Å². The van der Waals surface area contributed by atoms with Crippen LogP contribution >= 0.6 is 0 Å². The van der Waals surface area contributed by atoms with Gasteiger partial charge < -0.3 is 14.9 Å². The molecule has 1 fully saturated rings. The first-order chi connectivity index (χ1) is 9.13. The molecule has 1 saturated heterocycles. The van der Waals surface area contributed by atoms with Gasteiger partial charge in [0.05, 0.1) is 11.4 Å². The average Bonchev–Trinajstić information content (AvgIpc) is 2.94. The zero-order chi connectivity index (χ0) is 13.4. The van der Waals surface area contributed by atoms with Crippen LogP contribution in [0.2, 0.25) is 0 Å². The molecule has 3 rings (SSSR count). The summed E-state index contributed by atoms with van der Waals surface area (Å²) in [4.78, 5) is 4.33. The lowest BCUT2D eigenvalue weighted by atomic mass is 10.3. The van der Waals surface area contributed by atoms with E-state index in [1.165, 1.54) is 0 Å². The van der Waals surface area contributed by atoms with Crippen LogP contribution in [-0.2, 0) is 21.3 Å². The molecule has 19 heavy (non-hydrogen) atoms. The van der Waals surface area contributed by atoms with Gasteiger partial charge in [-0.05, 0) is 31.5 Å². The Kier molecular flexibility index (Phi) is 3.28. The average molecular weight is 280 g/mol. The number of anilines is 1. The summed E-state index contributed by atoms with van der Waals surface area (Å²) in [6, 6.07) is 5.30. The molecule has 0 saturated carbocycles. The second kappa shape index (κ2) is 4.94. The fourth-order valence-electron chi connectivity index (χ4n) is 2.34. The van der Waals surface area contributed by atoms with E-state index in [4.69, 9.17) is 14.9 Å². The minimum atomic E-state index is -1.02. The number of benzene rings is 1. The Morgan fingerprint density at radius 2 is 2.37 bits per heavy atom. The predicted octanol–water partition coefficient (Wildman–Crippen LogP) is 1.84. The summed E-state index contributed by atoms with van der Waals surface area (Å²) >= 11 is 0. The standard InChI is InChI=1S/C13H16N2O3S/c1-8-12(4-5-17-8)19(16)7-13-15-10-6-9(14)2-3-11(10)18-13/h2-3,6,8,12H,4-5,7,14H2,1H3. The van der Waals surface area contributed by atoms with Gasteiger partial charge >= 0.3 is 0 Å². The molecule has 102 valence electrons. The lowest BCUT2D eigenvalue weighted by Crippen LogP contribution is -2.24. The fourth-order valence-corrected chi connectivity index (χ4v) is 3.79. The number of fused-ring (bicyclic) bond motifs is 1. The van der Waals surface area contributed by atoms with E-state index in [9.17, 15) is 4.21 Å². The van der Waals surface area contributed by atoms with Crippen molar-refractivity contribution in [2.24, 2.45) is 0 Å². The van der Waals surface area contributed by atoms with Crippen LogP contribution in [0.15, 0.2) is 22.6 Å². The van der Waals surface area contributed by atoms with E-state index >= 15 is 0 Å². The van der Waals surface area contributed by atoms with E-state index in [1.807, 2.05) is 6.92 Å². The lowest BCUT2D eigenvalue weighted by molar-refractivity contribution is 0.127. The molecule has 1 aliphatic heterocycles. The van der Waals surface area contributed by atoms with Gasteiger partial charge in [0.25, 0.3) is 0 Å². The maximum Gasteiger partial charge on any atom is 0.208 e. The van der Waals surface area contributed by atoms with Gasteiger partial charge in [-0.2, -0.15) is 0 Å². The summed E-state index contributed by atoms with van der Waals surface area (Å²) in [6.07, 6.45) is 0.877. The molecular weight excluding hydrogens is 264 g/mol. The number of nitrogen functional groups attached to an aromatic ring is 1. The predicted molar refractivity (Wildman–Crippen MR) is 74.1 cm³/mol. The summed E-state index contributed by atoms with van der Waals surface area (Å²) in [7, 11) is -1.02. The second-order valence-electron chi connectivity index (χ2n) is 4.76. The molecule has 2 aromatic rings. The molecule has 0 amide bonds. The molecule has 0 radical (unpaired) electrons. The monoisotopic (exact) mass is 280 g/mol. The number of nitrogens with zero attached hydrogens (tertiary/aromatic N) is 1. The smallest absolute Gasteiger partial charge is 0.208 e. The van der Waals surface area contributed by atoms with Gasteiger partial charge in [0, 0.05) is 23.1 Å². The van der Waals surface area contributed by atoms with Crippen LogP contribution in [0.25, 0.3) is 11.1 Å². The maximum atomic E-state index is 12.3. The van der Waals surface area contributed by atoms with Crippen LogP contribution < -0.4 is 5.73 Å². The highest BCUT2D eigenvalue weighted by molar-refractivity contribution is 7.84. The number of aromatic nitrogens is 1. The normalized spacial score (nSPS) is 24.9. The molecule has 1 aliphatic rings. The molecular formula is C13H16N2O3S. The van der Waals surface area contributed by atoms with Gasteiger partial charge in [0.15, 0.2) is 5.58 Å². The first-order valence-electron chi connectivity index (χ1n) is 6.27. The van der Waals surface area contributed by atoms with E-state index in [2.05, 4.69) is 4.98 Å². The Labute approximate surface area is 113 Å². The Balaban J connectivity index is 1.79. The summed E-state index contributed by atoms with van der Waals surface area (Å²) in [5.41, 5.74) is 7.73. The van der Waals surface area contributed by atoms with Crippen molar-refractivity contribution in [1.29, 1.82) is 0 Å². The van der Waals surface area contributed by atoms with Gasteiger partial charge in [-0.1, -0.05) is 0 Å². The Hall–Kier alpha value is -1.40. The molecule has 1 aromatic heterocycles. The third kappa shape index (κ3) is 2.50. The van der Waals surface area contributed by atoms with Gasteiger partial charge in [0.1, 0.15) is 11.3 Å². The van der Waals surface area contributed by atoms with Crippen molar-refractivity contribution in [1.82, 2.24) is 4.98 Å². The van der Waals surface area contributed by atoms with E-state index in [1.54, 1.807) is 18.2 Å². The summed E-state index contributed by atoms with van der Waals surface area (Å²) < 4.78 is 23.3. The van der Waals surface area contributed by atoms with Crippen molar-refractivity contribution in [2.45, 2.75) is 30.5 Å². The van der Waals surface area contributed by atoms with Crippen LogP contribution in [0.1, 0.15) is 19.2 Å². The largest absolute Gasteiger partial charge is 0.440 e. The van der Waals surface area contributed by atoms with Gasteiger partial charge in [-0.3, -0.25) is 4.21 Å². The van der Waals surface area contributed by atoms with E-state index < -0.39 is 10.8 Å². The molecule has 0 bridgehead atoms. The Morgan fingerprint density at radius 1 is 1.53 bits per heavy atom. The molecule has 5 nitrogen and oxygen atoms in total. The number of hydrogen-bond acceptors (Lipinski definition) is 5. The van der Waals surface area contributed by atoms with Crippen molar-refractivity contribution >= 4 is 27.6 Å². The summed E-state index contributed by atoms with van der Waals surface area (Å²) in [5.74, 6) is 0.825. The van der Waals surface area contributed by atoms with Crippen LogP contribution in [0.4, 0.5) is 5.69 Å².